The maximum Gasteiger partial charge on any atom is -1.00 e. The monoisotopic (exact) mass is 602 g/mol. The van der Waals surface area contributed by atoms with Crippen molar-refractivity contribution in [1.29, 1.82) is 0 Å². The summed E-state index contributed by atoms with van der Waals surface area (Å²) >= 11 is -3.06. The van der Waals surface area contributed by atoms with E-state index in [0.29, 0.717) is 13.5 Å². The Labute approximate surface area is 238 Å². The van der Waals surface area contributed by atoms with E-state index >= 15 is 0 Å². The number of hydrogen-bond donors (Lipinski definition) is 0. The molecule has 0 radical (unpaired) electrons. The SMILES string of the molecule is CC1=Cc2c(ccc3ccccc23)[CH]1[Zr+2]1([CH]2C(C)=Cc3c2ccc2ccccc32)[C](C)(C)[C]1(C)C.[Cl-].[Cl-]. The van der Waals surface area contributed by atoms with Crippen LogP contribution in [0.3, 0.4) is 0 Å². The maximum atomic E-state index is 2.63. The molecule has 7 rings (SSSR count). The summed E-state index contributed by atoms with van der Waals surface area (Å²) in [6.07, 6.45) is 5.11. The van der Waals surface area contributed by atoms with E-state index in [4.69, 9.17) is 0 Å². The fourth-order valence-electron chi connectivity index (χ4n) is 8.78. The van der Waals surface area contributed by atoms with Gasteiger partial charge < -0.3 is 24.8 Å². The van der Waals surface area contributed by atoms with Crippen molar-refractivity contribution in [3.8, 4) is 0 Å². The Morgan fingerprint density at radius 3 is 1.30 bits per heavy atom. The van der Waals surface area contributed by atoms with Crippen LogP contribution in [-0.2, 0) is 20.3 Å². The Kier molecular flexibility index (Phi) is 6.31. The second-order valence-electron chi connectivity index (χ2n) is 12.3. The van der Waals surface area contributed by atoms with Gasteiger partial charge in [-0.25, -0.2) is 0 Å². The van der Waals surface area contributed by atoms with Gasteiger partial charge in [0.2, 0.25) is 0 Å². The third-order valence-electron chi connectivity index (χ3n) is 10.8. The molecule has 0 aromatic heterocycles. The summed E-state index contributed by atoms with van der Waals surface area (Å²) in [5.41, 5.74) is 9.48. The van der Waals surface area contributed by atoms with Crippen molar-refractivity contribution < 1.29 is 45.1 Å². The van der Waals surface area contributed by atoms with Crippen LogP contribution in [0.5, 0.6) is 0 Å². The number of hydrogen-bond acceptors (Lipinski definition) is 0. The van der Waals surface area contributed by atoms with E-state index in [1.54, 1.807) is 22.3 Å². The molecule has 1 aliphatic heterocycles. The van der Waals surface area contributed by atoms with E-state index in [-0.39, 0.29) is 24.8 Å². The van der Waals surface area contributed by atoms with Crippen LogP contribution in [-0.4, -0.2) is 0 Å². The van der Waals surface area contributed by atoms with Gasteiger partial charge in [0, 0.05) is 0 Å². The Morgan fingerprint density at radius 2 is 0.919 bits per heavy atom. The molecule has 0 N–H and O–H groups in total. The summed E-state index contributed by atoms with van der Waals surface area (Å²) < 4.78 is 2.06. The molecule has 2 aliphatic carbocycles. The number of benzene rings is 4. The van der Waals surface area contributed by atoms with Crippen LogP contribution in [0.25, 0.3) is 33.7 Å². The van der Waals surface area contributed by atoms with Gasteiger partial charge in [-0.2, -0.15) is 0 Å². The van der Waals surface area contributed by atoms with Crippen LogP contribution in [0.2, 0.25) is 6.25 Å². The minimum Gasteiger partial charge on any atom is -1.00 e. The predicted octanol–water partition coefficient (Wildman–Crippen LogP) is 4.18. The maximum absolute atomic E-state index is 3.06. The Balaban J connectivity index is 0.00000140. The largest absolute Gasteiger partial charge is 1.00 e. The van der Waals surface area contributed by atoms with Gasteiger partial charge in [-0.3, -0.25) is 0 Å². The van der Waals surface area contributed by atoms with Gasteiger partial charge >= 0.3 is 215 Å². The van der Waals surface area contributed by atoms with Gasteiger partial charge in [-0.05, 0) is 0 Å². The predicted molar refractivity (Wildman–Crippen MR) is 149 cm³/mol. The molecule has 0 nitrogen and oxygen atoms in total. The average Bonchev–Trinajstić information content (AvgIpc) is 3.18. The summed E-state index contributed by atoms with van der Waals surface area (Å²) in [4.78, 5) is 0. The molecule has 0 saturated carbocycles. The smallest absolute Gasteiger partial charge is 1.00 e. The van der Waals surface area contributed by atoms with Crippen molar-refractivity contribution in [1.82, 2.24) is 0 Å². The first-order valence-corrected chi connectivity index (χ1v) is 18.4. The van der Waals surface area contributed by atoms with E-state index in [2.05, 4.69) is 126 Å². The summed E-state index contributed by atoms with van der Waals surface area (Å²) in [6, 6.07) is 27.7. The molecule has 188 valence electrons. The average molecular weight is 605 g/mol. The van der Waals surface area contributed by atoms with Gasteiger partial charge in [0.25, 0.3) is 0 Å². The van der Waals surface area contributed by atoms with Crippen molar-refractivity contribution in [2.75, 3.05) is 0 Å². The second-order valence-corrected chi connectivity index (χ2v) is 25.6. The van der Waals surface area contributed by atoms with Crippen molar-refractivity contribution in [3.05, 3.63) is 106 Å². The van der Waals surface area contributed by atoms with Gasteiger partial charge in [0.15, 0.2) is 0 Å². The van der Waals surface area contributed by atoms with E-state index in [9.17, 15) is 0 Å². The summed E-state index contributed by atoms with van der Waals surface area (Å²) in [6.45, 7) is 15.4. The summed E-state index contributed by atoms with van der Waals surface area (Å²) in [7, 11) is 0. The van der Waals surface area contributed by atoms with Crippen LogP contribution in [0.4, 0.5) is 0 Å². The molecule has 3 aliphatic rings. The quantitative estimate of drug-likeness (QED) is 0.322. The van der Waals surface area contributed by atoms with Crippen molar-refractivity contribution >= 4 is 33.7 Å². The fourth-order valence-corrected chi connectivity index (χ4v) is 33.3. The zero-order valence-corrected chi connectivity index (χ0v) is 26.5. The van der Waals surface area contributed by atoms with Gasteiger partial charge in [-0.15, -0.1) is 0 Å². The van der Waals surface area contributed by atoms with Crippen LogP contribution in [0.1, 0.15) is 71.0 Å². The second kappa shape index (κ2) is 8.67. The molecule has 0 amide bonds. The Morgan fingerprint density at radius 1 is 0.541 bits per heavy atom. The molecule has 1 fully saturated rings. The molecule has 4 aromatic rings. The minimum atomic E-state index is -3.06. The molecule has 1 saturated heterocycles. The first-order valence-electron chi connectivity index (χ1n) is 13.1. The molecule has 2 atom stereocenters. The topological polar surface area (TPSA) is 0 Å². The van der Waals surface area contributed by atoms with E-state index in [0.717, 1.165) is 0 Å². The molecule has 4 aromatic carbocycles. The number of halogens is 2. The van der Waals surface area contributed by atoms with E-state index in [1.807, 2.05) is 0 Å². The van der Waals surface area contributed by atoms with E-state index in [1.165, 1.54) is 32.7 Å². The standard InChI is InChI=1S/2C14H11.C6H12.2ClH.Zr/c2*1-10-8-12-7-6-11-4-2-3-5-13(11)14(12)9-10;1-5(2)6(3)4;;;/h2*2-9H,1H3;1-4H3;2*1H;/q;;;;;+2/p-2. The summed E-state index contributed by atoms with van der Waals surface area (Å²) in [5, 5.41) is 5.58. The third kappa shape index (κ3) is 3.12. The molecule has 0 bridgehead atoms. The third-order valence-corrected chi connectivity index (χ3v) is 31.6. The fraction of sp³-hybridized carbons (Fsp3) is 0.294. The zero-order chi connectivity index (χ0) is 24.3. The molecular weight excluding hydrogens is 571 g/mol. The first-order chi connectivity index (χ1) is 16.7. The number of allylic oxidation sites excluding steroid dienone is 2. The van der Waals surface area contributed by atoms with Gasteiger partial charge in [0.1, 0.15) is 0 Å². The minimum absolute atomic E-state index is 0. The molecule has 1 heterocycles. The van der Waals surface area contributed by atoms with Gasteiger partial charge in [-0.1, -0.05) is 0 Å². The summed E-state index contributed by atoms with van der Waals surface area (Å²) in [5.74, 6) is 0. The van der Waals surface area contributed by atoms with Crippen molar-refractivity contribution in [2.24, 2.45) is 0 Å². The Bertz CT molecular complexity index is 1520. The Hall–Kier alpha value is -1.66. The van der Waals surface area contributed by atoms with Crippen LogP contribution in [0, 0.1) is 0 Å². The molecule has 0 spiro atoms. The molecule has 37 heavy (non-hydrogen) atoms. The first kappa shape index (κ1) is 26.9. The molecular formula is C34H34Cl2Zr. The van der Waals surface area contributed by atoms with Crippen molar-refractivity contribution in [3.63, 3.8) is 0 Å². The van der Waals surface area contributed by atoms with Gasteiger partial charge in [0.05, 0.1) is 0 Å². The zero-order valence-electron chi connectivity index (χ0n) is 22.5. The van der Waals surface area contributed by atoms with Crippen LogP contribution >= 0.6 is 0 Å². The van der Waals surface area contributed by atoms with Crippen molar-refractivity contribution in [2.45, 2.75) is 55.0 Å². The number of rotatable bonds is 2. The van der Waals surface area contributed by atoms with E-state index < -0.39 is 20.3 Å². The van der Waals surface area contributed by atoms with Crippen LogP contribution in [0.15, 0.2) is 83.9 Å². The number of fused-ring (bicyclic) bond motifs is 6. The molecule has 3 heteroatoms. The normalized spacial score (nSPS) is 22.5. The molecule has 2 unspecified atom stereocenters. The van der Waals surface area contributed by atoms with Crippen LogP contribution < -0.4 is 24.8 Å².